The van der Waals surface area contributed by atoms with E-state index in [1.54, 1.807) is 0 Å². The molecular weight excluding hydrogens is 236 g/mol. The minimum atomic E-state index is 0.221. The van der Waals surface area contributed by atoms with Crippen molar-refractivity contribution in [2.75, 3.05) is 13.1 Å². The van der Waals surface area contributed by atoms with Gasteiger partial charge in [0.25, 0.3) is 0 Å². The molecule has 3 rings (SSSR count). The number of nitrogens with two attached hydrogens (primary N) is 1. The fraction of sp³-hybridized carbons (Fsp3) is 0.938. The molecule has 3 aliphatic rings. The summed E-state index contributed by atoms with van der Waals surface area (Å²) in [6.45, 7) is 4.04. The Morgan fingerprint density at radius 1 is 1.21 bits per heavy atom. The zero-order chi connectivity index (χ0) is 13.4. The highest BCUT2D eigenvalue weighted by molar-refractivity contribution is 5.78. The van der Waals surface area contributed by atoms with E-state index in [-0.39, 0.29) is 5.92 Å². The van der Waals surface area contributed by atoms with E-state index in [0.717, 1.165) is 31.8 Å². The molecule has 108 valence electrons. The van der Waals surface area contributed by atoms with E-state index in [1.807, 2.05) is 0 Å². The Labute approximate surface area is 116 Å². The van der Waals surface area contributed by atoms with Crippen molar-refractivity contribution >= 4 is 5.91 Å². The highest BCUT2D eigenvalue weighted by atomic mass is 16.2. The van der Waals surface area contributed by atoms with E-state index >= 15 is 0 Å². The van der Waals surface area contributed by atoms with Crippen molar-refractivity contribution in [2.45, 2.75) is 57.9 Å². The number of hydrogen-bond donors (Lipinski definition) is 1. The van der Waals surface area contributed by atoms with Gasteiger partial charge in [-0.3, -0.25) is 4.79 Å². The van der Waals surface area contributed by atoms with Crippen LogP contribution in [0.2, 0.25) is 0 Å². The smallest absolute Gasteiger partial charge is 0.225 e. The lowest BCUT2D eigenvalue weighted by atomic mass is 9.93. The van der Waals surface area contributed by atoms with Crippen LogP contribution < -0.4 is 5.73 Å². The van der Waals surface area contributed by atoms with Gasteiger partial charge in [0.15, 0.2) is 0 Å². The van der Waals surface area contributed by atoms with E-state index in [0.29, 0.717) is 23.8 Å². The summed E-state index contributed by atoms with van der Waals surface area (Å²) in [6, 6.07) is 0.341. The molecule has 4 unspecified atom stereocenters. The maximum atomic E-state index is 12.6. The first kappa shape index (κ1) is 13.4. The van der Waals surface area contributed by atoms with Gasteiger partial charge in [-0.25, -0.2) is 0 Å². The molecule has 4 atom stereocenters. The van der Waals surface area contributed by atoms with Crippen LogP contribution in [0.5, 0.6) is 0 Å². The zero-order valence-corrected chi connectivity index (χ0v) is 12.2. The van der Waals surface area contributed by atoms with Crippen molar-refractivity contribution in [1.82, 2.24) is 4.90 Å². The summed E-state index contributed by atoms with van der Waals surface area (Å²) in [5, 5.41) is 0. The Morgan fingerprint density at radius 2 is 1.95 bits per heavy atom. The SMILES string of the molecule is CC(CC1CCCC1)C(=O)N1CC2CCC(N)C2C1. The number of fused-ring (bicyclic) bond motifs is 1. The van der Waals surface area contributed by atoms with E-state index in [2.05, 4.69) is 11.8 Å². The summed E-state index contributed by atoms with van der Waals surface area (Å²) in [6.07, 6.45) is 8.92. The quantitative estimate of drug-likeness (QED) is 0.851. The lowest BCUT2D eigenvalue weighted by Crippen LogP contribution is -2.36. The average Bonchev–Trinajstić information content (AvgIpc) is 3.08. The first-order valence-electron chi connectivity index (χ1n) is 8.19. The van der Waals surface area contributed by atoms with Crippen LogP contribution in [0.25, 0.3) is 0 Å². The highest BCUT2D eigenvalue weighted by Crippen LogP contribution is 2.38. The van der Waals surface area contributed by atoms with E-state index in [4.69, 9.17) is 5.73 Å². The molecular formula is C16H28N2O. The fourth-order valence-corrected chi connectivity index (χ4v) is 4.65. The second-order valence-electron chi connectivity index (χ2n) is 7.20. The first-order valence-corrected chi connectivity index (χ1v) is 8.19. The molecule has 3 nitrogen and oxygen atoms in total. The number of nitrogens with zero attached hydrogens (tertiary/aromatic N) is 1. The van der Waals surface area contributed by atoms with Crippen LogP contribution in [0.1, 0.15) is 51.9 Å². The number of amides is 1. The molecule has 2 N–H and O–H groups in total. The number of carbonyl (C=O) groups is 1. The topological polar surface area (TPSA) is 46.3 Å². The minimum Gasteiger partial charge on any atom is -0.342 e. The van der Waals surface area contributed by atoms with Crippen molar-refractivity contribution in [3.05, 3.63) is 0 Å². The Kier molecular flexibility index (Phi) is 3.84. The van der Waals surface area contributed by atoms with Crippen LogP contribution in [-0.2, 0) is 4.79 Å². The van der Waals surface area contributed by atoms with E-state index in [9.17, 15) is 4.79 Å². The van der Waals surface area contributed by atoms with Crippen molar-refractivity contribution in [3.8, 4) is 0 Å². The molecule has 0 bridgehead atoms. The summed E-state index contributed by atoms with van der Waals surface area (Å²) in [7, 11) is 0. The van der Waals surface area contributed by atoms with E-state index in [1.165, 1.54) is 32.1 Å². The van der Waals surface area contributed by atoms with Crippen LogP contribution >= 0.6 is 0 Å². The molecule has 3 fully saturated rings. The van der Waals surface area contributed by atoms with Gasteiger partial charge < -0.3 is 10.6 Å². The molecule has 0 radical (unpaired) electrons. The van der Waals surface area contributed by atoms with Crippen molar-refractivity contribution in [2.24, 2.45) is 29.4 Å². The fourth-order valence-electron chi connectivity index (χ4n) is 4.65. The largest absolute Gasteiger partial charge is 0.342 e. The average molecular weight is 264 g/mol. The van der Waals surface area contributed by atoms with Gasteiger partial charge in [0.1, 0.15) is 0 Å². The third-order valence-electron chi connectivity index (χ3n) is 5.81. The molecule has 1 aliphatic heterocycles. The van der Waals surface area contributed by atoms with Gasteiger partial charge in [0.2, 0.25) is 5.91 Å². The molecule has 0 spiro atoms. The monoisotopic (exact) mass is 264 g/mol. The molecule has 2 aliphatic carbocycles. The molecule has 1 amide bonds. The van der Waals surface area contributed by atoms with Crippen LogP contribution in [0, 0.1) is 23.7 Å². The van der Waals surface area contributed by atoms with E-state index < -0.39 is 0 Å². The standard InChI is InChI=1S/C16H28N2O/c1-11(8-12-4-2-3-5-12)16(19)18-9-13-6-7-15(17)14(13)10-18/h11-15H,2-10,17H2,1H3. The van der Waals surface area contributed by atoms with Crippen LogP contribution in [0.3, 0.4) is 0 Å². The second-order valence-corrected chi connectivity index (χ2v) is 7.20. The molecule has 1 heterocycles. The lowest BCUT2D eigenvalue weighted by Gasteiger charge is -2.24. The lowest BCUT2D eigenvalue weighted by molar-refractivity contribution is -0.134. The Bertz CT molecular complexity index is 338. The van der Waals surface area contributed by atoms with Crippen molar-refractivity contribution < 1.29 is 4.79 Å². The van der Waals surface area contributed by atoms with Gasteiger partial charge in [-0.1, -0.05) is 32.6 Å². The molecule has 3 heteroatoms. The summed E-state index contributed by atoms with van der Waals surface area (Å²) in [4.78, 5) is 14.7. The van der Waals surface area contributed by atoms with Gasteiger partial charge in [-0.2, -0.15) is 0 Å². The van der Waals surface area contributed by atoms with Gasteiger partial charge in [0, 0.05) is 25.0 Å². The maximum Gasteiger partial charge on any atom is 0.225 e. The number of hydrogen-bond acceptors (Lipinski definition) is 2. The predicted molar refractivity (Wildman–Crippen MR) is 76.5 cm³/mol. The summed E-state index contributed by atoms with van der Waals surface area (Å²) in [5.74, 6) is 2.70. The summed E-state index contributed by atoms with van der Waals surface area (Å²) < 4.78 is 0. The number of likely N-dealkylation sites (tertiary alicyclic amines) is 1. The second kappa shape index (κ2) is 5.43. The summed E-state index contributed by atoms with van der Waals surface area (Å²) in [5.41, 5.74) is 6.15. The Morgan fingerprint density at radius 3 is 2.63 bits per heavy atom. The minimum absolute atomic E-state index is 0.221. The third kappa shape index (κ3) is 2.67. The zero-order valence-electron chi connectivity index (χ0n) is 12.2. The van der Waals surface area contributed by atoms with Gasteiger partial charge >= 0.3 is 0 Å². The first-order chi connectivity index (χ1) is 9.15. The van der Waals surface area contributed by atoms with Gasteiger partial charge in [-0.15, -0.1) is 0 Å². The number of carbonyl (C=O) groups excluding carboxylic acids is 1. The maximum absolute atomic E-state index is 12.6. The van der Waals surface area contributed by atoms with Gasteiger partial charge in [0.05, 0.1) is 0 Å². The van der Waals surface area contributed by atoms with Crippen molar-refractivity contribution in [1.29, 1.82) is 0 Å². The molecule has 2 saturated carbocycles. The molecule has 1 saturated heterocycles. The van der Waals surface area contributed by atoms with Crippen LogP contribution in [0.4, 0.5) is 0 Å². The Hall–Kier alpha value is -0.570. The molecule has 0 aromatic carbocycles. The number of rotatable bonds is 3. The van der Waals surface area contributed by atoms with Gasteiger partial charge in [-0.05, 0) is 37.0 Å². The summed E-state index contributed by atoms with van der Waals surface area (Å²) >= 11 is 0. The Balaban J connectivity index is 1.53. The van der Waals surface area contributed by atoms with Crippen LogP contribution in [0.15, 0.2) is 0 Å². The highest BCUT2D eigenvalue weighted by Gasteiger charge is 2.43. The molecule has 0 aromatic heterocycles. The normalized spacial score (nSPS) is 36.7. The van der Waals surface area contributed by atoms with Crippen LogP contribution in [-0.4, -0.2) is 29.9 Å². The molecule has 19 heavy (non-hydrogen) atoms. The third-order valence-corrected chi connectivity index (χ3v) is 5.81. The van der Waals surface area contributed by atoms with Crippen molar-refractivity contribution in [3.63, 3.8) is 0 Å². The molecule has 0 aromatic rings. The predicted octanol–water partition coefficient (Wildman–Crippen LogP) is 2.40.